The summed E-state index contributed by atoms with van der Waals surface area (Å²) in [6, 6.07) is 0. The molecule has 0 rings (SSSR count). The highest BCUT2D eigenvalue weighted by atomic mass is 19.4. The predicted octanol–water partition coefficient (Wildman–Crippen LogP) is 1.94. The van der Waals surface area contributed by atoms with E-state index in [1.807, 2.05) is 0 Å². The first kappa shape index (κ1) is 14.8. The molecule has 0 aromatic carbocycles. The molecule has 0 radical (unpaired) electrons. The van der Waals surface area contributed by atoms with Crippen molar-refractivity contribution >= 4 is 5.91 Å². The number of amides is 1. The van der Waals surface area contributed by atoms with Gasteiger partial charge in [-0.2, -0.15) is 35.1 Å². The molecule has 2 nitrogen and oxygen atoms in total. The van der Waals surface area contributed by atoms with Crippen LogP contribution in [0.2, 0.25) is 0 Å². The van der Waals surface area contributed by atoms with Crippen LogP contribution in [-0.2, 0) is 4.79 Å². The largest absolute Gasteiger partial charge is 0.457 e. The molecule has 0 fully saturated rings. The van der Waals surface area contributed by atoms with Crippen molar-refractivity contribution in [3.8, 4) is 0 Å². The average molecular weight is 263 g/mol. The Morgan fingerprint density at radius 3 is 1.12 bits per heavy atom. The minimum atomic E-state index is -6.97. The number of carbonyl (C=O) groups is 1. The van der Waals surface area contributed by atoms with Crippen LogP contribution < -0.4 is 5.73 Å². The van der Waals surface area contributed by atoms with E-state index >= 15 is 0 Å². The number of hydrogen-bond acceptors (Lipinski definition) is 1. The van der Waals surface area contributed by atoms with Crippen molar-refractivity contribution in [1.29, 1.82) is 0 Å². The van der Waals surface area contributed by atoms with Crippen molar-refractivity contribution in [2.75, 3.05) is 0 Å². The number of nitrogens with two attached hydrogens (primary N) is 1. The van der Waals surface area contributed by atoms with Gasteiger partial charge in [0.05, 0.1) is 0 Å². The fourth-order valence-corrected chi connectivity index (χ4v) is 0.668. The van der Waals surface area contributed by atoms with Gasteiger partial charge in [-0.25, -0.2) is 4.39 Å². The first-order valence-electron chi connectivity index (χ1n) is 3.19. The van der Waals surface area contributed by atoms with E-state index in [1.165, 1.54) is 0 Å². The Hall–Kier alpha value is -1.16. The zero-order chi connectivity index (χ0) is 13.6. The molecule has 0 spiro atoms. The molecule has 0 heterocycles. The van der Waals surface area contributed by atoms with E-state index in [1.54, 1.807) is 0 Å². The fourth-order valence-electron chi connectivity index (χ4n) is 0.668. The molecule has 0 saturated heterocycles. The summed E-state index contributed by atoms with van der Waals surface area (Å²) in [6.07, 6.45) is -13.7. The molecule has 1 atom stereocenters. The van der Waals surface area contributed by atoms with Crippen LogP contribution in [0.15, 0.2) is 0 Å². The summed E-state index contributed by atoms with van der Waals surface area (Å²) in [5.41, 5.74) is -2.88. The molecule has 96 valence electrons. The van der Waals surface area contributed by atoms with E-state index in [2.05, 4.69) is 5.73 Å². The highest BCUT2D eigenvalue weighted by molar-refractivity contribution is 5.86. The van der Waals surface area contributed by atoms with Gasteiger partial charge < -0.3 is 5.73 Å². The summed E-state index contributed by atoms with van der Waals surface area (Å²) in [6.45, 7) is 0. The third-order valence-electron chi connectivity index (χ3n) is 1.52. The topological polar surface area (TPSA) is 43.1 Å². The number of halogens is 9. The molecular formula is C5H2F9NO. The van der Waals surface area contributed by atoms with E-state index in [-0.39, 0.29) is 0 Å². The van der Waals surface area contributed by atoms with E-state index in [0.29, 0.717) is 0 Å². The summed E-state index contributed by atoms with van der Waals surface area (Å²) in [7, 11) is 0. The van der Waals surface area contributed by atoms with Crippen molar-refractivity contribution in [2.24, 2.45) is 5.73 Å². The van der Waals surface area contributed by atoms with Crippen LogP contribution in [0.5, 0.6) is 0 Å². The maximum Gasteiger partial charge on any atom is 0.457 e. The van der Waals surface area contributed by atoms with Crippen molar-refractivity contribution in [3.63, 3.8) is 0 Å². The van der Waals surface area contributed by atoms with Crippen molar-refractivity contribution < 1.29 is 44.3 Å². The van der Waals surface area contributed by atoms with Gasteiger partial charge in [0.25, 0.3) is 5.91 Å². The lowest BCUT2D eigenvalue weighted by atomic mass is 9.95. The molecule has 0 aliphatic heterocycles. The Morgan fingerprint density at radius 2 is 1.06 bits per heavy atom. The molecule has 2 N–H and O–H groups in total. The summed E-state index contributed by atoms with van der Waals surface area (Å²) in [5.74, 6) is -10.4. The molecule has 1 unspecified atom stereocenters. The molecule has 0 aliphatic rings. The van der Waals surface area contributed by atoms with Gasteiger partial charge in [0, 0.05) is 0 Å². The van der Waals surface area contributed by atoms with E-state index in [4.69, 9.17) is 0 Å². The minimum Gasteiger partial charge on any atom is -0.366 e. The normalized spacial score (nSPS) is 18.1. The van der Waals surface area contributed by atoms with Crippen LogP contribution in [0.3, 0.4) is 0 Å². The smallest absolute Gasteiger partial charge is 0.366 e. The molecule has 0 bridgehead atoms. The van der Waals surface area contributed by atoms with Crippen LogP contribution in [0.25, 0.3) is 0 Å². The van der Waals surface area contributed by atoms with Gasteiger partial charge in [-0.15, -0.1) is 0 Å². The Balaban J connectivity index is 5.85. The Kier molecular flexibility index (Phi) is 3.17. The first-order valence-corrected chi connectivity index (χ1v) is 3.19. The second-order valence-electron chi connectivity index (χ2n) is 2.59. The highest BCUT2D eigenvalue weighted by Gasteiger charge is 2.84. The van der Waals surface area contributed by atoms with Crippen LogP contribution in [0.1, 0.15) is 0 Å². The van der Waals surface area contributed by atoms with Crippen LogP contribution in [0.4, 0.5) is 39.5 Å². The SMILES string of the molecule is NC(=O)C(F)(C(F)(F)F)C(F)(F)C(F)(F)F. The second kappa shape index (κ2) is 3.42. The lowest BCUT2D eigenvalue weighted by Gasteiger charge is -2.33. The quantitative estimate of drug-likeness (QED) is 0.760. The molecule has 0 aliphatic carbocycles. The first-order chi connectivity index (χ1) is 6.69. The standard InChI is InChI=1S/C5H2F9NO/c6-2(1(15)16,4(9,10)11)3(7,8)5(12,13)14/h(H2,15,16). The molecule has 0 saturated carbocycles. The molecule has 0 aromatic heterocycles. The van der Waals surface area contributed by atoms with Crippen LogP contribution in [0, 0.1) is 0 Å². The highest BCUT2D eigenvalue weighted by Crippen LogP contribution is 2.52. The van der Waals surface area contributed by atoms with Gasteiger partial charge in [0.15, 0.2) is 0 Å². The number of alkyl halides is 9. The minimum absolute atomic E-state index is 3.47. The van der Waals surface area contributed by atoms with Crippen molar-refractivity contribution in [3.05, 3.63) is 0 Å². The maximum absolute atomic E-state index is 12.6. The van der Waals surface area contributed by atoms with Gasteiger partial charge >= 0.3 is 23.9 Å². The molecule has 11 heteroatoms. The molecule has 0 aromatic rings. The van der Waals surface area contributed by atoms with Crippen molar-refractivity contribution in [1.82, 2.24) is 0 Å². The molecular weight excluding hydrogens is 261 g/mol. The van der Waals surface area contributed by atoms with E-state index < -0.39 is 29.9 Å². The molecule has 16 heavy (non-hydrogen) atoms. The summed E-state index contributed by atoms with van der Waals surface area (Å²) in [4.78, 5) is 9.91. The number of rotatable bonds is 2. The zero-order valence-corrected chi connectivity index (χ0v) is 6.89. The van der Waals surface area contributed by atoms with Gasteiger partial charge in [-0.3, -0.25) is 4.79 Å². The third-order valence-corrected chi connectivity index (χ3v) is 1.52. The molecule has 1 amide bonds. The summed E-state index contributed by atoms with van der Waals surface area (Å²) >= 11 is 0. The zero-order valence-electron chi connectivity index (χ0n) is 6.89. The number of carbonyl (C=O) groups excluding carboxylic acids is 1. The predicted molar refractivity (Wildman–Crippen MR) is 30.1 cm³/mol. The summed E-state index contributed by atoms with van der Waals surface area (Å²) < 4.78 is 107. The van der Waals surface area contributed by atoms with Gasteiger partial charge in [-0.05, 0) is 0 Å². The number of primary amides is 1. The Bertz CT molecular complexity index is 291. The maximum atomic E-state index is 12.6. The number of hydrogen-bond donors (Lipinski definition) is 1. The van der Waals surface area contributed by atoms with Crippen LogP contribution in [-0.4, -0.2) is 29.9 Å². The Labute approximate surface area is 81.2 Å². The van der Waals surface area contributed by atoms with Crippen LogP contribution >= 0.6 is 0 Å². The van der Waals surface area contributed by atoms with E-state index in [0.717, 1.165) is 0 Å². The lowest BCUT2D eigenvalue weighted by molar-refractivity contribution is -0.370. The lowest BCUT2D eigenvalue weighted by Crippen LogP contribution is -2.68. The van der Waals surface area contributed by atoms with Gasteiger partial charge in [0.2, 0.25) is 0 Å². The van der Waals surface area contributed by atoms with E-state index in [9.17, 15) is 44.3 Å². The Morgan fingerprint density at radius 1 is 0.750 bits per heavy atom. The monoisotopic (exact) mass is 263 g/mol. The van der Waals surface area contributed by atoms with Crippen molar-refractivity contribution in [2.45, 2.75) is 23.9 Å². The second-order valence-corrected chi connectivity index (χ2v) is 2.59. The fraction of sp³-hybridized carbons (Fsp3) is 0.800. The third kappa shape index (κ3) is 1.78. The summed E-state index contributed by atoms with van der Waals surface area (Å²) in [5, 5.41) is 0. The average Bonchev–Trinajstić information content (AvgIpc) is 1.97. The van der Waals surface area contributed by atoms with Gasteiger partial charge in [0.1, 0.15) is 0 Å². The van der Waals surface area contributed by atoms with Gasteiger partial charge in [-0.1, -0.05) is 0 Å².